The summed E-state index contributed by atoms with van der Waals surface area (Å²) in [5.41, 5.74) is 4.10. The van der Waals surface area contributed by atoms with E-state index in [1.165, 1.54) is 5.56 Å². The molecule has 1 saturated heterocycles. The zero-order valence-electron chi connectivity index (χ0n) is 18.1. The minimum absolute atomic E-state index is 0.0133. The van der Waals surface area contributed by atoms with E-state index in [-0.39, 0.29) is 11.8 Å². The Labute approximate surface area is 187 Å². The summed E-state index contributed by atoms with van der Waals surface area (Å²) in [7, 11) is 1.89. The fourth-order valence-corrected chi connectivity index (χ4v) is 4.25. The summed E-state index contributed by atoms with van der Waals surface area (Å²) in [5, 5.41) is 8.18. The molecule has 1 amide bonds. The monoisotopic (exact) mass is 426 g/mol. The largest absolute Gasteiger partial charge is 0.310 e. The number of carbonyl (C=O) groups excluding carboxylic acids is 1. The molecule has 1 aromatic carbocycles. The van der Waals surface area contributed by atoms with Gasteiger partial charge in [-0.05, 0) is 43.6 Å². The second kappa shape index (κ2) is 8.88. The average molecular weight is 427 g/mol. The predicted octanol–water partition coefficient (Wildman–Crippen LogP) is 3.88. The smallest absolute Gasteiger partial charge is 0.228 e. The Hall–Kier alpha value is -3.58. The lowest BCUT2D eigenvalue weighted by molar-refractivity contribution is -0.121. The molecule has 3 aromatic heterocycles. The number of hydrogen-bond donors (Lipinski definition) is 1. The number of anilines is 1. The van der Waals surface area contributed by atoms with Crippen molar-refractivity contribution in [1.29, 1.82) is 0 Å². The number of nitrogens with one attached hydrogen (secondary N) is 1. The molecule has 7 nitrogen and oxygen atoms in total. The first kappa shape index (κ1) is 20.3. The maximum atomic E-state index is 12.9. The number of rotatable bonds is 5. The molecule has 32 heavy (non-hydrogen) atoms. The first-order chi connectivity index (χ1) is 15.6. The summed E-state index contributed by atoms with van der Waals surface area (Å²) in [6, 6.07) is 14.4. The van der Waals surface area contributed by atoms with E-state index in [0.29, 0.717) is 5.82 Å². The summed E-state index contributed by atoms with van der Waals surface area (Å²) < 4.78 is 1.77. The van der Waals surface area contributed by atoms with Crippen molar-refractivity contribution in [2.45, 2.75) is 19.4 Å². The highest BCUT2D eigenvalue weighted by molar-refractivity contribution is 5.94. The van der Waals surface area contributed by atoms with Crippen molar-refractivity contribution in [3.8, 4) is 11.1 Å². The zero-order chi connectivity index (χ0) is 21.9. The highest BCUT2D eigenvalue weighted by Gasteiger charge is 2.25. The maximum absolute atomic E-state index is 12.9. The van der Waals surface area contributed by atoms with Crippen LogP contribution >= 0.6 is 0 Å². The Morgan fingerprint density at radius 3 is 2.59 bits per heavy atom. The molecule has 0 radical (unpaired) electrons. The van der Waals surface area contributed by atoms with Gasteiger partial charge in [0.2, 0.25) is 5.91 Å². The summed E-state index contributed by atoms with van der Waals surface area (Å²) in [4.78, 5) is 24.2. The van der Waals surface area contributed by atoms with Gasteiger partial charge < -0.3 is 5.32 Å². The molecule has 0 unspecified atom stereocenters. The van der Waals surface area contributed by atoms with Crippen LogP contribution in [0.5, 0.6) is 0 Å². The van der Waals surface area contributed by atoms with Gasteiger partial charge in [-0.2, -0.15) is 5.10 Å². The molecule has 162 valence electrons. The summed E-state index contributed by atoms with van der Waals surface area (Å²) >= 11 is 0. The van der Waals surface area contributed by atoms with Gasteiger partial charge in [-0.15, -0.1) is 0 Å². The van der Waals surface area contributed by atoms with Gasteiger partial charge in [0.05, 0.1) is 17.9 Å². The number of aryl methyl sites for hydroxylation is 1. The van der Waals surface area contributed by atoms with Crippen LogP contribution in [0, 0.1) is 5.92 Å². The Morgan fingerprint density at radius 2 is 1.84 bits per heavy atom. The van der Waals surface area contributed by atoms with Crippen LogP contribution < -0.4 is 5.32 Å². The second-order valence-corrected chi connectivity index (χ2v) is 8.41. The van der Waals surface area contributed by atoms with Crippen LogP contribution in [-0.2, 0) is 18.4 Å². The topological polar surface area (TPSA) is 75.9 Å². The lowest BCUT2D eigenvalue weighted by atomic mass is 9.95. The van der Waals surface area contributed by atoms with Gasteiger partial charge >= 0.3 is 0 Å². The van der Waals surface area contributed by atoms with Crippen LogP contribution in [0.15, 0.2) is 67.3 Å². The van der Waals surface area contributed by atoms with Gasteiger partial charge in [-0.1, -0.05) is 30.3 Å². The molecule has 1 N–H and O–H groups in total. The predicted molar refractivity (Wildman–Crippen MR) is 125 cm³/mol. The van der Waals surface area contributed by atoms with E-state index in [1.807, 2.05) is 37.8 Å². The Balaban J connectivity index is 1.22. The molecule has 0 aliphatic carbocycles. The van der Waals surface area contributed by atoms with E-state index in [2.05, 4.69) is 55.6 Å². The second-order valence-electron chi connectivity index (χ2n) is 8.41. The van der Waals surface area contributed by atoms with E-state index in [9.17, 15) is 4.79 Å². The minimum Gasteiger partial charge on any atom is -0.310 e. The van der Waals surface area contributed by atoms with Gasteiger partial charge in [-0.25, -0.2) is 4.98 Å². The number of hydrogen-bond acceptors (Lipinski definition) is 5. The molecule has 5 rings (SSSR count). The number of fused-ring (bicyclic) bond motifs is 1. The molecule has 7 heteroatoms. The normalized spacial score (nSPS) is 15.2. The molecule has 0 bridgehead atoms. The first-order valence-corrected chi connectivity index (χ1v) is 11.0. The quantitative estimate of drug-likeness (QED) is 0.524. The van der Waals surface area contributed by atoms with E-state index in [1.54, 1.807) is 10.9 Å². The molecule has 1 fully saturated rings. The van der Waals surface area contributed by atoms with Crippen molar-refractivity contribution in [1.82, 2.24) is 24.6 Å². The molecule has 1 aliphatic rings. The third-order valence-corrected chi connectivity index (χ3v) is 6.06. The van der Waals surface area contributed by atoms with Crippen molar-refractivity contribution >= 4 is 22.6 Å². The van der Waals surface area contributed by atoms with Crippen molar-refractivity contribution in [3.05, 3.63) is 72.8 Å². The summed E-state index contributed by atoms with van der Waals surface area (Å²) in [6.45, 7) is 2.79. The number of amides is 1. The van der Waals surface area contributed by atoms with E-state index in [4.69, 9.17) is 0 Å². The molecular formula is C25H26N6O. The highest BCUT2D eigenvalue weighted by Crippen LogP contribution is 2.24. The van der Waals surface area contributed by atoms with Gasteiger partial charge in [-0.3, -0.25) is 19.4 Å². The number of piperidine rings is 1. The van der Waals surface area contributed by atoms with Gasteiger partial charge in [0, 0.05) is 48.4 Å². The Kier molecular flexibility index (Phi) is 5.64. The molecule has 4 heterocycles. The van der Waals surface area contributed by atoms with Crippen molar-refractivity contribution < 1.29 is 4.79 Å². The Morgan fingerprint density at radius 1 is 1.03 bits per heavy atom. The summed E-state index contributed by atoms with van der Waals surface area (Å²) in [5.74, 6) is 0.631. The van der Waals surface area contributed by atoms with E-state index in [0.717, 1.165) is 54.5 Å². The molecule has 0 spiro atoms. The van der Waals surface area contributed by atoms with Crippen molar-refractivity contribution in [2.24, 2.45) is 13.0 Å². The third-order valence-electron chi connectivity index (χ3n) is 6.06. The number of aromatic nitrogens is 4. The number of likely N-dealkylation sites (tertiary alicyclic amines) is 1. The van der Waals surface area contributed by atoms with E-state index >= 15 is 0 Å². The standard InChI is InChI=1S/C25H26N6O/c1-30-17-22(14-28-30)21-11-20-12-24(27-15-23(20)26-13-21)29-25(32)19-7-9-31(10-8-19)16-18-5-3-2-4-6-18/h2-6,11-15,17,19H,7-10,16H2,1H3,(H,27,29,32). The van der Waals surface area contributed by atoms with Crippen LogP contribution in [0.25, 0.3) is 22.0 Å². The van der Waals surface area contributed by atoms with Gasteiger partial charge in [0.1, 0.15) is 5.82 Å². The lowest BCUT2D eigenvalue weighted by Gasteiger charge is -2.31. The SMILES string of the molecule is Cn1cc(-c2cnc3cnc(NC(=O)C4CCN(Cc5ccccc5)CC4)cc3c2)cn1. The fraction of sp³-hybridized carbons (Fsp3) is 0.280. The van der Waals surface area contributed by atoms with Gasteiger partial charge in [0.15, 0.2) is 0 Å². The van der Waals surface area contributed by atoms with Crippen LogP contribution in [0.3, 0.4) is 0 Å². The van der Waals surface area contributed by atoms with Crippen LogP contribution in [-0.4, -0.2) is 43.6 Å². The number of nitrogens with zero attached hydrogens (tertiary/aromatic N) is 5. The van der Waals surface area contributed by atoms with Crippen LogP contribution in [0.4, 0.5) is 5.82 Å². The number of pyridine rings is 2. The van der Waals surface area contributed by atoms with Crippen LogP contribution in [0.2, 0.25) is 0 Å². The fourth-order valence-electron chi connectivity index (χ4n) is 4.25. The maximum Gasteiger partial charge on any atom is 0.228 e. The number of carbonyl (C=O) groups is 1. The average Bonchev–Trinajstić information content (AvgIpc) is 3.26. The minimum atomic E-state index is 0.0133. The highest BCUT2D eigenvalue weighted by atomic mass is 16.1. The lowest BCUT2D eigenvalue weighted by Crippen LogP contribution is -2.37. The molecule has 0 atom stereocenters. The van der Waals surface area contributed by atoms with Gasteiger partial charge in [0.25, 0.3) is 0 Å². The summed E-state index contributed by atoms with van der Waals surface area (Å²) in [6.07, 6.45) is 9.02. The van der Waals surface area contributed by atoms with E-state index < -0.39 is 0 Å². The molecule has 1 aliphatic heterocycles. The third kappa shape index (κ3) is 4.53. The molecule has 0 saturated carbocycles. The zero-order valence-corrected chi connectivity index (χ0v) is 18.1. The number of benzene rings is 1. The van der Waals surface area contributed by atoms with Crippen LogP contribution in [0.1, 0.15) is 18.4 Å². The molecule has 4 aromatic rings. The van der Waals surface area contributed by atoms with Crippen molar-refractivity contribution in [3.63, 3.8) is 0 Å². The first-order valence-electron chi connectivity index (χ1n) is 11.0. The Bertz CT molecular complexity index is 1230. The molecular weight excluding hydrogens is 400 g/mol. The van der Waals surface area contributed by atoms with Crippen molar-refractivity contribution in [2.75, 3.05) is 18.4 Å².